The molecular weight excluding hydrogens is 315 g/mol. The van der Waals surface area contributed by atoms with Crippen molar-refractivity contribution >= 4 is 0 Å². The van der Waals surface area contributed by atoms with Gasteiger partial charge in [0.05, 0.1) is 0 Å². The van der Waals surface area contributed by atoms with Gasteiger partial charge < -0.3 is 5.11 Å². The maximum Gasteiger partial charge on any atom is 0.123 e. The summed E-state index contributed by atoms with van der Waals surface area (Å²) in [4.78, 5) is 4.89. The molecule has 0 aliphatic carbocycles. The molecule has 0 saturated carbocycles. The number of halogens is 1. The number of aryl methyl sites for hydroxylation is 1. The Morgan fingerprint density at radius 1 is 1.04 bits per heavy atom. The second-order valence-electron chi connectivity index (χ2n) is 6.92. The molecule has 0 amide bonds. The van der Waals surface area contributed by atoms with Crippen LogP contribution in [0.25, 0.3) is 0 Å². The third-order valence-corrected chi connectivity index (χ3v) is 5.11. The van der Waals surface area contributed by atoms with Gasteiger partial charge >= 0.3 is 0 Å². The molecule has 4 heteroatoms. The predicted octanol–water partition coefficient (Wildman–Crippen LogP) is 3.20. The minimum atomic E-state index is -0.196. The van der Waals surface area contributed by atoms with E-state index >= 15 is 0 Å². The van der Waals surface area contributed by atoms with E-state index in [1.807, 2.05) is 12.1 Å². The fourth-order valence-corrected chi connectivity index (χ4v) is 3.58. The molecule has 1 fully saturated rings. The number of benzene rings is 2. The van der Waals surface area contributed by atoms with Crippen LogP contribution in [0.3, 0.4) is 0 Å². The van der Waals surface area contributed by atoms with Gasteiger partial charge in [-0.1, -0.05) is 36.4 Å². The van der Waals surface area contributed by atoms with Gasteiger partial charge in [-0.3, -0.25) is 9.80 Å². The van der Waals surface area contributed by atoms with E-state index < -0.39 is 0 Å². The van der Waals surface area contributed by atoms with Crippen molar-refractivity contribution in [3.8, 4) is 0 Å². The van der Waals surface area contributed by atoms with Crippen LogP contribution in [0.1, 0.15) is 23.1 Å². The van der Waals surface area contributed by atoms with Gasteiger partial charge in [-0.2, -0.15) is 0 Å². The van der Waals surface area contributed by atoms with Crippen LogP contribution in [-0.4, -0.2) is 47.2 Å². The van der Waals surface area contributed by atoms with Crippen LogP contribution in [0.2, 0.25) is 0 Å². The zero-order chi connectivity index (χ0) is 17.6. The molecule has 0 spiro atoms. The molecule has 2 aromatic rings. The molecule has 134 valence electrons. The Labute approximate surface area is 149 Å². The molecular formula is C21H27FN2O. The topological polar surface area (TPSA) is 26.7 Å². The molecule has 1 heterocycles. The number of aliphatic hydroxyl groups excluding tert-OH is 1. The van der Waals surface area contributed by atoms with Gasteiger partial charge in [-0.05, 0) is 42.2 Å². The van der Waals surface area contributed by atoms with Crippen molar-refractivity contribution in [2.45, 2.75) is 32.5 Å². The molecule has 25 heavy (non-hydrogen) atoms. The maximum atomic E-state index is 13.1. The highest BCUT2D eigenvalue weighted by atomic mass is 19.1. The Balaban J connectivity index is 1.63. The monoisotopic (exact) mass is 342 g/mol. The summed E-state index contributed by atoms with van der Waals surface area (Å²) in [5.41, 5.74) is 3.82. The zero-order valence-corrected chi connectivity index (χ0v) is 14.9. The minimum Gasteiger partial charge on any atom is -0.396 e. The molecule has 0 bridgehead atoms. The lowest BCUT2D eigenvalue weighted by atomic mass is 10.0. The lowest BCUT2D eigenvalue weighted by Crippen LogP contribution is -2.52. The minimum absolute atomic E-state index is 0.196. The maximum absolute atomic E-state index is 13.1. The average molecular weight is 342 g/mol. The quantitative estimate of drug-likeness (QED) is 0.873. The van der Waals surface area contributed by atoms with Crippen LogP contribution in [0.15, 0.2) is 48.5 Å². The first-order valence-electron chi connectivity index (χ1n) is 9.02. The number of piperazine rings is 1. The van der Waals surface area contributed by atoms with Crippen LogP contribution in [0, 0.1) is 12.7 Å². The summed E-state index contributed by atoms with van der Waals surface area (Å²) in [5.74, 6) is -0.196. The van der Waals surface area contributed by atoms with Crippen molar-refractivity contribution in [3.05, 3.63) is 71.0 Å². The molecule has 0 unspecified atom stereocenters. The van der Waals surface area contributed by atoms with Crippen molar-refractivity contribution in [3.63, 3.8) is 0 Å². The molecule has 2 aromatic carbocycles. The fourth-order valence-electron chi connectivity index (χ4n) is 3.58. The number of aliphatic hydroxyl groups is 1. The number of nitrogens with zero attached hydrogens (tertiary/aromatic N) is 2. The van der Waals surface area contributed by atoms with Gasteiger partial charge in [0.1, 0.15) is 5.82 Å². The van der Waals surface area contributed by atoms with E-state index in [-0.39, 0.29) is 12.4 Å². The van der Waals surface area contributed by atoms with E-state index in [0.717, 1.165) is 44.7 Å². The molecule has 0 aromatic heterocycles. The van der Waals surface area contributed by atoms with Gasteiger partial charge in [0.15, 0.2) is 0 Å². The Morgan fingerprint density at radius 3 is 2.52 bits per heavy atom. The van der Waals surface area contributed by atoms with Crippen molar-refractivity contribution in [2.75, 3.05) is 26.2 Å². The summed E-state index contributed by atoms with van der Waals surface area (Å²) in [6.07, 6.45) is 0.769. The first-order valence-corrected chi connectivity index (χ1v) is 9.02. The summed E-state index contributed by atoms with van der Waals surface area (Å²) in [6, 6.07) is 15.6. The van der Waals surface area contributed by atoms with Crippen molar-refractivity contribution < 1.29 is 9.50 Å². The normalized spacial score (nSPS) is 19.2. The molecule has 1 N–H and O–H groups in total. The summed E-state index contributed by atoms with van der Waals surface area (Å²) in [7, 11) is 0. The Hall–Kier alpha value is -1.75. The molecule has 1 saturated heterocycles. The van der Waals surface area contributed by atoms with Gasteiger partial charge in [0.25, 0.3) is 0 Å². The van der Waals surface area contributed by atoms with Gasteiger partial charge in [-0.15, -0.1) is 0 Å². The van der Waals surface area contributed by atoms with E-state index in [0.29, 0.717) is 6.04 Å². The second-order valence-corrected chi connectivity index (χ2v) is 6.92. The number of rotatable bonds is 6. The molecule has 1 aliphatic rings. The van der Waals surface area contributed by atoms with E-state index in [4.69, 9.17) is 0 Å². The third kappa shape index (κ3) is 4.88. The summed E-state index contributed by atoms with van der Waals surface area (Å²) in [5, 5.41) is 9.46. The Bertz CT molecular complexity index is 674. The molecule has 3 nitrogen and oxygen atoms in total. The Kier molecular flexibility index (Phi) is 6.19. The molecule has 1 aliphatic heterocycles. The first kappa shape index (κ1) is 18.1. The van der Waals surface area contributed by atoms with Crippen molar-refractivity contribution in [1.29, 1.82) is 0 Å². The van der Waals surface area contributed by atoms with Crippen molar-refractivity contribution in [1.82, 2.24) is 9.80 Å². The average Bonchev–Trinajstić information content (AvgIpc) is 2.61. The first-order chi connectivity index (χ1) is 12.2. The van der Waals surface area contributed by atoms with E-state index in [2.05, 4.69) is 41.0 Å². The standard InChI is InChI=1S/C21H27FN2O/c1-17-4-2-3-5-19(17)15-23-11-12-24(21(16-23)10-13-25)14-18-6-8-20(22)9-7-18/h2-9,21,25H,10-16H2,1H3/t21-/m1/s1. The highest BCUT2D eigenvalue weighted by molar-refractivity contribution is 5.25. The van der Waals surface area contributed by atoms with Gasteiger partial charge in [0, 0.05) is 45.4 Å². The van der Waals surface area contributed by atoms with Crippen LogP contribution in [-0.2, 0) is 13.1 Å². The summed E-state index contributed by atoms with van der Waals surface area (Å²) in [6.45, 7) is 7.05. The largest absolute Gasteiger partial charge is 0.396 e. The van der Waals surface area contributed by atoms with Crippen LogP contribution in [0.5, 0.6) is 0 Å². The van der Waals surface area contributed by atoms with Crippen LogP contribution >= 0.6 is 0 Å². The highest BCUT2D eigenvalue weighted by Crippen LogP contribution is 2.19. The summed E-state index contributed by atoms with van der Waals surface area (Å²) >= 11 is 0. The third-order valence-electron chi connectivity index (χ3n) is 5.11. The molecule has 3 rings (SSSR count). The van der Waals surface area contributed by atoms with Crippen LogP contribution < -0.4 is 0 Å². The van der Waals surface area contributed by atoms with Crippen LogP contribution in [0.4, 0.5) is 4.39 Å². The molecule has 1 atom stereocenters. The van der Waals surface area contributed by atoms with E-state index in [1.165, 1.54) is 23.3 Å². The smallest absolute Gasteiger partial charge is 0.123 e. The second kappa shape index (κ2) is 8.56. The Morgan fingerprint density at radius 2 is 1.80 bits per heavy atom. The number of hydrogen-bond donors (Lipinski definition) is 1. The SMILES string of the molecule is Cc1ccccc1CN1CCN(Cc2ccc(F)cc2)[C@H](CCO)C1. The van der Waals surface area contributed by atoms with Gasteiger partial charge in [-0.25, -0.2) is 4.39 Å². The van der Waals surface area contributed by atoms with Gasteiger partial charge in [0.2, 0.25) is 0 Å². The highest BCUT2D eigenvalue weighted by Gasteiger charge is 2.26. The van der Waals surface area contributed by atoms with E-state index in [9.17, 15) is 9.50 Å². The lowest BCUT2D eigenvalue weighted by Gasteiger charge is -2.41. The number of hydrogen-bond acceptors (Lipinski definition) is 3. The van der Waals surface area contributed by atoms with Crippen molar-refractivity contribution in [2.24, 2.45) is 0 Å². The zero-order valence-electron chi connectivity index (χ0n) is 14.9. The fraction of sp³-hybridized carbons (Fsp3) is 0.429. The van der Waals surface area contributed by atoms with E-state index in [1.54, 1.807) is 0 Å². The molecule has 0 radical (unpaired) electrons. The predicted molar refractivity (Wildman–Crippen MR) is 98.8 cm³/mol. The summed E-state index contributed by atoms with van der Waals surface area (Å²) < 4.78 is 13.1. The lowest BCUT2D eigenvalue weighted by molar-refractivity contribution is 0.0499.